The largest absolute Gasteiger partial charge is 0.494 e. The van der Waals surface area contributed by atoms with Crippen molar-refractivity contribution in [2.45, 2.75) is 37.0 Å². The van der Waals surface area contributed by atoms with Gasteiger partial charge in [0.1, 0.15) is 0 Å². The number of aliphatic hydroxyl groups is 1. The van der Waals surface area contributed by atoms with Crippen LogP contribution >= 0.6 is 11.6 Å². The number of aromatic amines is 1. The summed E-state index contributed by atoms with van der Waals surface area (Å²) in [7, 11) is 0. The molecule has 2 fully saturated rings. The monoisotopic (exact) mass is 448 g/mol. The van der Waals surface area contributed by atoms with E-state index in [1.165, 1.54) is 0 Å². The van der Waals surface area contributed by atoms with E-state index in [0.717, 1.165) is 48.1 Å². The molecule has 6 rings (SSSR count). The summed E-state index contributed by atoms with van der Waals surface area (Å²) in [5.41, 5.74) is 4.16. The van der Waals surface area contributed by atoms with Gasteiger partial charge in [-0.3, -0.25) is 4.79 Å². The smallest absolute Gasteiger partial charge is 0.237 e. The fourth-order valence-electron chi connectivity index (χ4n) is 4.44. The first-order chi connectivity index (χ1) is 15.5. The Morgan fingerprint density at radius 2 is 1.94 bits per heavy atom. The van der Waals surface area contributed by atoms with Gasteiger partial charge in [0.2, 0.25) is 17.4 Å². The number of nitrogens with one attached hydrogen (secondary N) is 1. The second-order valence-electron chi connectivity index (χ2n) is 8.96. The number of rotatable bonds is 6. The van der Waals surface area contributed by atoms with Crippen molar-refractivity contribution >= 4 is 28.3 Å². The van der Waals surface area contributed by atoms with E-state index in [0.29, 0.717) is 21.8 Å². The third-order valence-electron chi connectivity index (χ3n) is 6.81. The topological polar surface area (TPSA) is 99.4 Å². The number of hydrogen-bond acceptors (Lipinski definition) is 5. The Bertz CT molecular complexity index is 1360. The van der Waals surface area contributed by atoms with E-state index >= 15 is 0 Å². The van der Waals surface area contributed by atoms with Crippen LogP contribution in [-0.4, -0.2) is 32.7 Å². The fraction of sp³-hybridized carbons (Fsp3) is 0.280. The molecule has 4 aromatic rings. The van der Waals surface area contributed by atoms with Gasteiger partial charge in [0.25, 0.3) is 0 Å². The first-order valence-electron chi connectivity index (χ1n) is 10.8. The number of benzene rings is 2. The van der Waals surface area contributed by atoms with Gasteiger partial charge in [0.05, 0.1) is 28.4 Å². The lowest BCUT2D eigenvalue weighted by atomic mass is 9.94. The molecule has 2 heterocycles. The zero-order valence-corrected chi connectivity index (χ0v) is 17.9. The van der Waals surface area contributed by atoms with Gasteiger partial charge >= 0.3 is 0 Å². The molecule has 3 N–H and O–H groups in total. The average molecular weight is 449 g/mol. The quantitative estimate of drug-likeness (QED) is 0.347. The Morgan fingerprint density at radius 3 is 2.59 bits per heavy atom. The number of aliphatic hydroxyl groups excluding tert-OH is 1. The second kappa shape index (κ2) is 6.95. The first kappa shape index (κ1) is 19.6. The molecule has 2 aromatic heterocycles. The van der Waals surface area contributed by atoms with Crippen molar-refractivity contribution < 1.29 is 19.5 Å². The van der Waals surface area contributed by atoms with Gasteiger partial charge in [-0.15, -0.1) is 0 Å². The third kappa shape index (κ3) is 3.05. The molecule has 2 aliphatic carbocycles. The number of H-pyrrole nitrogens is 1. The van der Waals surface area contributed by atoms with Crippen LogP contribution in [0.2, 0.25) is 5.02 Å². The van der Waals surface area contributed by atoms with Gasteiger partial charge < -0.3 is 19.7 Å². The molecule has 0 saturated heterocycles. The van der Waals surface area contributed by atoms with Crippen LogP contribution in [0.15, 0.2) is 47.0 Å². The lowest BCUT2D eigenvalue weighted by Crippen LogP contribution is -2.11. The van der Waals surface area contributed by atoms with Crippen molar-refractivity contribution in [2.75, 3.05) is 6.61 Å². The maximum Gasteiger partial charge on any atom is 0.237 e. The van der Waals surface area contributed by atoms with Crippen LogP contribution in [0.1, 0.15) is 59.0 Å². The van der Waals surface area contributed by atoms with Crippen molar-refractivity contribution in [1.29, 1.82) is 0 Å². The lowest BCUT2D eigenvalue weighted by molar-refractivity contribution is 0.0999. The van der Waals surface area contributed by atoms with E-state index in [1.807, 2.05) is 30.3 Å². The standard InChI is InChI=1S/C25H21ClN2O4/c26-18-10-20-17(9-16(18)13-3-5-15(6-4-13)25(12-29)7-8-25)22(24(31)27-20)23(30)21-11-19(28-32-21)14-1-2-14/h3-6,9-11,14,27,29,31H,1-2,7-8,12H2. The molecule has 0 spiro atoms. The third-order valence-corrected chi connectivity index (χ3v) is 7.12. The zero-order chi connectivity index (χ0) is 22.0. The van der Waals surface area contributed by atoms with Crippen LogP contribution in [0.25, 0.3) is 22.0 Å². The summed E-state index contributed by atoms with van der Waals surface area (Å²) in [6.07, 6.45) is 4.10. The number of ketones is 1. The molecular formula is C25H21ClN2O4. The molecule has 7 heteroatoms. The maximum absolute atomic E-state index is 13.2. The van der Waals surface area contributed by atoms with Crippen LogP contribution in [0.4, 0.5) is 0 Å². The highest BCUT2D eigenvalue weighted by molar-refractivity contribution is 6.34. The number of aromatic hydroxyl groups is 1. The minimum Gasteiger partial charge on any atom is -0.494 e. The van der Waals surface area contributed by atoms with Crippen LogP contribution in [0, 0.1) is 0 Å². The summed E-state index contributed by atoms with van der Waals surface area (Å²) < 4.78 is 5.28. The lowest BCUT2D eigenvalue weighted by Gasteiger charge is -2.13. The summed E-state index contributed by atoms with van der Waals surface area (Å²) in [6.45, 7) is 0.150. The number of hydrogen-bond donors (Lipinski definition) is 3. The van der Waals surface area contributed by atoms with Gasteiger partial charge in [0, 0.05) is 28.3 Å². The Morgan fingerprint density at radius 1 is 1.19 bits per heavy atom. The minimum atomic E-state index is -0.421. The summed E-state index contributed by atoms with van der Waals surface area (Å²) in [5, 5.41) is 25.3. The average Bonchev–Trinajstić information content (AvgIpc) is 3.72. The van der Waals surface area contributed by atoms with Gasteiger partial charge in [-0.1, -0.05) is 41.0 Å². The highest BCUT2D eigenvalue weighted by Gasteiger charge is 2.43. The number of aromatic nitrogens is 2. The molecule has 2 aliphatic rings. The van der Waals surface area contributed by atoms with Crippen molar-refractivity contribution in [3.63, 3.8) is 0 Å². The van der Waals surface area contributed by atoms with E-state index in [1.54, 1.807) is 12.1 Å². The highest BCUT2D eigenvalue weighted by atomic mass is 35.5. The molecule has 0 unspecified atom stereocenters. The van der Waals surface area contributed by atoms with Gasteiger partial charge in [-0.2, -0.15) is 0 Å². The van der Waals surface area contributed by atoms with Crippen LogP contribution in [0.3, 0.4) is 0 Å². The molecule has 0 aliphatic heterocycles. The summed E-state index contributed by atoms with van der Waals surface area (Å²) >= 11 is 6.56. The normalized spacial score (nSPS) is 17.1. The predicted octanol–water partition coefficient (Wildman–Crippen LogP) is 5.31. The maximum atomic E-state index is 13.2. The molecule has 2 aromatic carbocycles. The zero-order valence-electron chi connectivity index (χ0n) is 17.2. The Kier molecular flexibility index (Phi) is 4.26. The van der Waals surface area contributed by atoms with Crippen LogP contribution < -0.4 is 0 Å². The van der Waals surface area contributed by atoms with Crippen molar-refractivity contribution in [2.24, 2.45) is 0 Å². The molecule has 162 valence electrons. The highest BCUT2D eigenvalue weighted by Crippen LogP contribution is 2.48. The molecule has 0 amide bonds. The summed E-state index contributed by atoms with van der Waals surface area (Å²) in [5.74, 6) is -0.166. The Balaban J connectivity index is 1.41. The molecule has 0 bridgehead atoms. The van der Waals surface area contributed by atoms with Crippen LogP contribution in [0.5, 0.6) is 5.88 Å². The Labute approximate surface area is 188 Å². The number of carbonyl (C=O) groups is 1. The summed E-state index contributed by atoms with van der Waals surface area (Å²) in [6, 6.07) is 13.2. The number of carbonyl (C=O) groups excluding carboxylic acids is 1. The van der Waals surface area contributed by atoms with Crippen LogP contribution in [-0.2, 0) is 5.41 Å². The van der Waals surface area contributed by atoms with Crippen molar-refractivity contribution in [1.82, 2.24) is 10.1 Å². The number of nitrogens with zero attached hydrogens (tertiary/aromatic N) is 1. The molecule has 0 radical (unpaired) electrons. The van der Waals surface area contributed by atoms with E-state index in [2.05, 4.69) is 10.1 Å². The fourth-order valence-corrected chi connectivity index (χ4v) is 4.71. The first-order valence-corrected chi connectivity index (χ1v) is 11.1. The number of halogens is 1. The van der Waals surface area contributed by atoms with Gasteiger partial charge in [0.15, 0.2) is 0 Å². The molecule has 0 atom stereocenters. The van der Waals surface area contributed by atoms with Gasteiger partial charge in [-0.05, 0) is 48.9 Å². The SMILES string of the molecule is O=C(c1cc(C2CC2)no1)c1c(O)[nH]c2cc(Cl)c(-c3ccc(C4(CO)CC4)cc3)cc12. The van der Waals surface area contributed by atoms with E-state index < -0.39 is 5.78 Å². The van der Waals surface area contributed by atoms with Gasteiger partial charge in [-0.25, -0.2) is 0 Å². The van der Waals surface area contributed by atoms with E-state index in [4.69, 9.17) is 16.1 Å². The predicted molar refractivity (Wildman–Crippen MR) is 120 cm³/mol. The number of fused-ring (bicyclic) bond motifs is 1. The molecular weight excluding hydrogens is 428 g/mol. The van der Waals surface area contributed by atoms with E-state index in [9.17, 15) is 15.0 Å². The molecule has 32 heavy (non-hydrogen) atoms. The van der Waals surface area contributed by atoms with E-state index in [-0.39, 0.29) is 29.2 Å². The molecule has 6 nitrogen and oxygen atoms in total. The second-order valence-corrected chi connectivity index (χ2v) is 9.37. The minimum absolute atomic E-state index is 0.102. The molecule has 2 saturated carbocycles. The van der Waals surface area contributed by atoms with Crippen molar-refractivity contribution in [3.8, 4) is 17.0 Å². The summed E-state index contributed by atoms with van der Waals surface area (Å²) in [4.78, 5) is 16.0. The van der Waals surface area contributed by atoms with Crippen molar-refractivity contribution in [3.05, 3.63) is 70.1 Å². The Hall–Kier alpha value is -3.09.